The summed E-state index contributed by atoms with van der Waals surface area (Å²) in [7, 11) is 0. The molecule has 0 aromatic rings. The lowest BCUT2D eigenvalue weighted by Gasteiger charge is -2.18. The maximum Gasteiger partial charge on any atom is 0.0694 e. The highest BCUT2D eigenvalue weighted by Gasteiger charge is 2.13. The van der Waals surface area contributed by atoms with Crippen LogP contribution in [0, 0.1) is 0 Å². The van der Waals surface area contributed by atoms with Crippen LogP contribution in [0.4, 0.5) is 0 Å². The van der Waals surface area contributed by atoms with Crippen molar-refractivity contribution in [3.05, 3.63) is 12.2 Å². The second-order valence-corrected chi connectivity index (χ2v) is 2.86. The third-order valence-corrected chi connectivity index (χ3v) is 1.96. The van der Waals surface area contributed by atoms with E-state index in [1.165, 1.54) is 0 Å². The summed E-state index contributed by atoms with van der Waals surface area (Å²) in [5.74, 6) is 0. The molecule has 1 rings (SSSR count). The Morgan fingerprint density at radius 3 is 2.50 bits per heavy atom. The lowest BCUT2D eigenvalue weighted by atomic mass is 9.99. The zero-order valence-electron chi connectivity index (χ0n) is 6.16. The predicted octanol–water partition coefficient (Wildman–Crippen LogP) is 0.805. The smallest absolute Gasteiger partial charge is 0.0694 e. The number of hydrogen-bond donors (Lipinski definition) is 2. The standard InChI is InChI=1S/C8H15NO/c9-7-5-3-1-2-4-6-8(7)10/h1-2,7-8,10H,3-6,9H2/t7-,8-/m1/s1. The second-order valence-electron chi connectivity index (χ2n) is 2.86. The van der Waals surface area contributed by atoms with Crippen LogP contribution in [-0.2, 0) is 0 Å². The highest BCUT2D eigenvalue weighted by atomic mass is 16.3. The molecule has 2 heteroatoms. The third kappa shape index (κ3) is 2.12. The molecule has 10 heavy (non-hydrogen) atoms. The van der Waals surface area contributed by atoms with E-state index < -0.39 is 0 Å². The summed E-state index contributed by atoms with van der Waals surface area (Å²) >= 11 is 0. The summed E-state index contributed by atoms with van der Waals surface area (Å²) in [6.07, 6.45) is 7.69. The van der Waals surface area contributed by atoms with Crippen molar-refractivity contribution >= 4 is 0 Å². The van der Waals surface area contributed by atoms with Gasteiger partial charge in [-0.1, -0.05) is 12.2 Å². The summed E-state index contributed by atoms with van der Waals surface area (Å²) in [6, 6.07) is -0.00931. The molecule has 0 unspecified atom stereocenters. The molecule has 1 aliphatic rings. The summed E-state index contributed by atoms with van der Waals surface area (Å²) < 4.78 is 0. The monoisotopic (exact) mass is 141 g/mol. The Morgan fingerprint density at radius 1 is 1.20 bits per heavy atom. The van der Waals surface area contributed by atoms with Crippen molar-refractivity contribution in [1.29, 1.82) is 0 Å². The van der Waals surface area contributed by atoms with Crippen molar-refractivity contribution in [3.63, 3.8) is 0 Å². The third-order valence-electron chi connectivity index (χ3n) is 1.96. The highest BCUT2D eigenvalue weighted by Crippen LogP contribution is 2.10. The Bertz CT molecular complexity index is 108. The van der Waals surface area contributed by atoms with Gasteiger partial charge in [-0.15, -0.1) is 0 Å². The van der Waals surface area contributed by atoms with Crippen LogP contribution in [0.2, 0.25) is 0 Å². The molecule has 0 saturated heterocycles. The molecule has 0 radical (unpaired) electrons. The first-order chi connectivity index (χ1) is 4.80. The normalized spacial score (nSPS) is 35.0. The van der Waals surface area contributed by atoms with E-state index in [1.807, 2.05) is 0 Å². The van der Waals surface area contributed by atoms with Crippen LogP contribution < -0.4 is 5.73 Å². The van der Waals surface area contributed by atoms with Crippen molar-refractivity contribution < 1.29 is 5.11 Å². The lowest BCUT2D eigenvalue weighted by molar-refractivity contribution is 0.131. The minimum absolute atomic E-state index is 0.00931. The zero-order chi connectivity index (χ0) is 7.40. The molecule has 0 fully saturated rings. The Kier molecular flexibility index (Phi) is 2.90. The van der Waals surface area contributed by atoms with Crippen molar-refractivity contribution in [1.82, 2.24) is 0 Å². The number of nitrogens with two attached hydrogens (primary N) is 1. The van der Waals surface area contributed by atoms with Crippen molar-refractivity contribution in [2.75, 3.05) is 0 Å². The number of aliphatic hydroxyl groups excluding tert-OH is 1. The van der Waals surface area contributed by atoms with Crippen molar-refractivity contribution in [2.45, 2.75) is 37.8 Å². The molecular formula is C8H15NO. The van der Waals surface area contributed by atoms with Crippen LogP contribution in [0.1, 0.15) is 25.7 Å². The molecule has 0 saturated carbocycles. The predicted molar refractivity (Wildman–Crippen MR) is 41.6 cm³/mol. The average Bonchev–Trinajstić information content (AvgIpc) is 1.92. The van der Waals surface area contributed by atoms with Crippen LogP contribution in [0.5, 0.6) is 0 Å². The molecule has 0 spiro atoms. The minimum Gasteiger partial charge on any atom is -0.392 e. The zero-order valence-corrected chi connectivity index (χ0v) is 6.16. The summed E-state index contributed by atoms with van der Waals surface area (Å²) in [4.78, 5) is 0. The molecule has 2 nitrogen and oxygen atoms in total. The first kappa shape index (κ1) is 7.76. The van der Waals surface area contributed by atoms with Gasteiger partial charge in [-0.05, 0) is 25.7 Å². The Morgan fingerprint density at radius 2 is 1.80 bits per heavy atom. The van der Waals surface area contributed by atoms with E-state index in [0.717, 1.165) is 25.7 Å². The van der Waals surface area contributed by atoms with Crippen molar-refractivity contribution in [2.24, 2.45) is 5.73 Å². The van der Waals surface area contributed by atoms with Gasteiger partial charge in [-0.2, -0.15) is 0 Å². The summed E-state index contributed by atoms with van der Waals surface area (Å²) in [5.41, 5.74) is 5.66. The molecule has 0 heterocycles. The fourth-order valence-electron chi connectivity index (χ4n) is 1.20. The molecule has 0 aromatic carbocycles. The van der Waals surface area contributed by atoms with Crippen LogP contribution >= 0.6 is 0 Å². The van der Waals surface area contributed by atoms with E-state index in [9.17, 15) is 5.11 Å². The minimum atomic E-state index is -0.287. The first-order valence-corrected chi connectivity index (χ1v) is 3.89. The molecule has 58 valence electrons. The van der Waals surface area contributed by atoms with E-state index in [2.05, 4.69) is 12.2 Å². The van der Waals surface area contributed by atoms with Gasteiger partial charge in [0.15, 0.2) is 0 Å². The van der Waals surface area contributed by atoms with Crippen LogP contribution in [-0.4, -0.2) is 17.3 Å². The van der Waals surface area contributed by atoms with Crippen LogP contribution in [0.3, 0.4) is 0 Å². The highest BCUT2D eigenvalue weighted by molar-refractivity contribution is 4.88. The number of aliphatic hydroxyl groups is 1. The molecule has 0 bridgehead atoms. The van der Waals surface area contributed by atoms with Crippen LogP contribution in [0.25, 0.3) is 0 Å². The van der Waals surface area contributed by atoms with Gasteiger partial charge in [0, 0.05) is 6.04 Å². The Balaban J connectivity index is 2.40. The summed E-state index contributed by atoms with van der Waals surface area (Å²) in [5, 5.41) is 9.32. The number of allylic oxidation sites excluding steroid dienone is 2. The first-order valence-electron chi connectivity index (χ1n) is 3.89. The largest absolute Gasteiger partial charge is 0.392 e. The fraction of sp³-hybridized carbons (Fsp3) is 0.750. The molecule has 3 N–H and O–H groups in total. The second kappa shape index (κ2) is 3.74. The van der Waals surface area contributed by atoms with Gasteiger partial charge in [0.1, 0.15) is 0 Å². The van der Waals surface area contributed by atoms with E-state index in [-0.39, 0.29) is 12.1 Å². The van der Waals surface area contributed by atoms with Gasteiger partial charge in [-0.3, -0.25) is 0 Å². The Labute approximate surface area is 61.7 Å². The van der Waals surface area contributed by atoms with E-state index in [0.29, 0.717) is 0 Å². The van der Waals surface area contributed by atoms with Gasteiger partial charge in [-0.25, -0.2) is 0 Å². The molecule has 1 aliphatic carbocycles. The van der Waals surface area contributed by atoms with Gasteiger partial charge >= 0.3 is 0 Å². The molecule has 0 aromatic heterocycles. The molecular weight excluding hydrogens is 126 g/mol. The van der Waals surface area contributed by atoms with Gasteiger partial charge < -0.3 is 10.8 Å². The maximum atomic E-state index is 9.32. The van der Waals surface area contributed by atoms with Gasteiger partial charge in [0.25, 0.3) is 0 Å². The van der Waals surface area contributed by atoms with Gasteiger partial charge in [0.05, 0.1) is 6.10 Å². The lowest BCUT2D eigenvalue weighted by Crippen LogP contribution is -2.34. The van der Waals surface area contributed by atoms with Crippen LogP contribution in [0.15, 0.2) is 12.2 Å². The fourth-order valence-corrected chi connectivity index (χ4v) is 1.20. The van der Waals surface area contributed by atoms with E-state index in [4.69, 9.17) is 5.73 Å². The average molecular weight is 141 g/mol. The topological polar surface area (TPSA) is 46.2 Å². The molecule has 0 aliphatic heterocycles. The van der Waals surface area contributed by atoms with E-state index in [1.54, 1.807) is 0 Å². The molecule has 2 atom stereocenters. The van der Waals surface area contributed by atoms with Gasteiger partial charge in [0.2, 0.25) is 0 Å². The quantitative estimate of drug-likeness (QED) is 0.490. The van der Waals surface area contributed by atoms with E-state index >= 15 is 0 Å². The SMILES string of the molecule is N[C@@H]1CCC=CCC[C@H]1O. The van der Waals surface area contributed by atoms with Crippen molar-refractivity contribution in [3.8, 4) is 0 Å². The maximum absolute atomic E-state index is 9.32. The Hall–Kier alpha value is -0.340. The number of rotatable bonds is 0. The number of hydrogen-bond acceptors (Lipinski definition) is 2. The summed E-state index contributed by atoms with van der Waals surface area (Å²) in [6.45, 7) is 0. The molecule has 0 amide bonds.